The van der Waals surface area contributed by atoms with Crippen molar-refractivity contribution >= 4 is 23.8 Å². The lowest BCUT2D eigenvalue weighted by molar-refractivity contribution is -0.136. The lowest BCUT2D eigenvalue weighted by Crippen LogP contribution is -2.52. The Labute approximate surface area is 187 Å². The number of nitrogens with zero attached hydrogens (tertiary/aromatic N) is 2. The Hall–Kier alpha value is -3.34. The highest BCUT2D eigenvalue weighted by Crippen LogP contribution is 2.28. The van der Waals surface area contributed by atoms with Crippen LogP contribution in [0.25, 0.3) is 0 Å². The van der Waals surface area contributed by atoms with Gasteiger partial charge in [0.05, 0.1) is 0 Å². The fourth-order valence-electron chi connectivity index (χ4n) is 4.12. The average Bonchev–Trinajstić information content (AvgIpc) is 2.98. The number of carbonyl (C=O) groups excluding carboxylic acids is 4. The van der Waals surface area contributed by atoms with Gasteiger partial charge in [0, 0.05) is 49.5 Å². The number of amides is 4. The van der Waals surface area contributed by atoms with E-state index in [1.54, 1.807) is 11.0 Å². The fourth-order valence-corrected chi connectivity index (χ4v) is 4.12. The van der Waals surface area contributed by atoms with Crippen molar-refractivity contribution in [1.29, 1.82) is 0 Å². The van der Waals surface area contributed by atoms with Crippen LogP contribution in [0, 0.1) is 17.8 Å². The molecular formula is C24H27N3O5. The molecule has 0 spiro atoms. The first kappa shape index (κ1) is 21.9. The van der Waals surface area contributed by atoms with Crippen LogP contribution in [0.3, 0.4) is 0 Å². The summed E-state index contributed by atoms with van der Waals surface area (Å²) in [5.74, 6) is 5.74. The molecule has 0 saturated carbocycles. The molecule has 8 heteroatoms. The van der Waals surface area contributed by atoms with Gasteiger partial charge in [0.2, 0.25) is 11.8 Å². The number of carbonyl (C=O) groups is 4. The Bertz CT molecular complexity index is 1040. The molecule has 168 valence electrons. The second kappa shape index (κ2) is 8.30. The maximum absolute atomic E-state index is 12.7. The lowest BCUT2D eigenvalue weighted by Gasteiger charge is -2.39. The number of benzene rings is 1. The van der Waals surface area contributed by atoms with Gasteiger partial charge in [-0.1, -0.05) is 11.8 Å². The first-order valence-corrected chi connectivity index (χ1v) is 10.8. The minimum Gasteiger partial charge on any atom is -0.444 e. The SMILES string of the molecule is CC(C)(C)OC(=O)N1CC(CC#Cc2ccc3c(c2)CN(C2CCC(=O)NC2=O)C3=O)C1. The van der Waals surface area contributed by atoms with Gasteiger partial charge in [0.25, 0.3) is 5.91 Å². The highest BCUT2D eigenvalue weighted by molar-refractivity contribution is 6.05. The van der Waals surface area contributed by atoms with Crippen LogP contribution in [0.15, 0.2) is 18.2 Å². The van der Waals surface area contributed by atoms with Crippen molar-refractivity contribution < 1.29 is 23.9 Å². The standard InChI is InChI=1S/C24H27N3O5/c1-24(2,3)32-23(31)26-12-16(13-26)6-4-5-15-7-8-18-17(11-15)14-27(22(18)30)19-9-10-20(28)25-21(19)29/h7-8,11,16,19H,6,9-10,12-14H2,1-3H3,(H,25,28,29). The Balaban J connectivity index is 1.32. The molecule has 0 aliphatic carbocycles. The second-order valence-corrected chi connectivity index (χ2v) is 9.53. The summed E-state index contributed by atoms with van der Waals surface area (Å²) in [5, 5.41) is 2.31. The number of nitrogens with one attached hydrogen (secondary N) is 1. The Morgan fingerprint density at radius 1 is 1.22 bits per heavy atom. The zero-order valence-electron chi connectivity index (χ0n) is 18.6. The number of likely N-dealkylation sites (tertiary alicyclic amines) is 1. The number of piperidine rings is 1. The lowest BCUT2D eigenvalue weighted by atomic mass is 9.97. The Morgan fingerprint density at radius 3 is 2.66 bits per heavy atom. The quantitative estimate of drug-likeness (QED) is 0.564. The smallest absolute Gasteiger partial charge is 0.410 e. The van der Waals surface area contributed by atoms with E-state index < -0.39 is 17.6 Å². The van der Waals surface area contributed by atoms with E-state index in [-0.39, 0.29) is 24.3 Å². The highest BCUT2D eigenvalue weighted by atomic mass is 16.6. The summed E-state index contributed by atoms with van der Waals surface area (Å²) in [4.78, 5) is 51.5. The molecule has 1 N–H and O–H groups in total. The monoisotopic (exact) mass is 437 g/mol. The van der Waals surface area contributed by atoms with Crippen LogP contribution in [-0.4, -0.2) is 58.3 Å². The van der Waals surface area contributed by atoms with E-state index in [1.807, 2.05) is 32.9 Å². The van der Waals surface area contributed by atoms with E-state index in [4.69, 9.17) is 4.74 Å². The summed E-state index contributed by atoms with van der Waals surface area (Å²) in [5.41, 5.74) is 1.73. The van der Waals surface area contributed by atoms with Crippen molar-refractivity contribution in [2.75, 3.05) is 13.1 Å². The number of hydrogen-bond donors (Lipinski definition) is 1. The normalized spacial score (nSPS) is 20.8. The first-order valence-electron chi connectivity index (χ1n) is 10.8. The summed E-state index contributed by atoms with van der Waals surface area (Å²) >= 11 is 0. The van der Waals surface area contributed by atoms with Crippen LogP contribution in [0.4, 0.5) is 4.79 Å². The molecule has 8 nitrogen and oxygen atoms in total. The van der Waals surface area contributed by atoms with Crippen molar-refractivity contribution in [2.45, 2.75) is 58.2 Å². The molecule has 2 saturated heterocycles. The zero-order valence-corrected chi connectivity index (χ0v) is 18.6. The molecule has 3 aliphatic heterocycles. The van der Waals surface area contributed by atoms with Crippen molar-refractivity contribution in [3.8, 4) is 11.8 Å². The molecule has 0 radical (unpaired) electrons. The molecule has 32 heavy (non-hydrogen) atoms. The van der Waals surface area contributed by atoms with Gasteiger partial charge >= 0.3 is 6.09 Å². The van der Waals surface area contributed by atoms with E-state index >= 15 is 0 Å². The van der Waals surface area contributed by atoms with E-state index in [1.165, 1.54) is 4.90 Å². The molecule has 1 unspecified atom stereocenters. The predicted octanol–water partition coefficient (Wildman–Crippen LogP) is 2.06. The second-order valence-electron chi connectivity index (χ2n) is 9.53. The van der Waals surface area contributed by atoms with E-state index in [0.717, 1.165) is 11.1 Å². The van der Waals surface area contributed by atoms with E-state index in [0.29, 0.717) is 44.0 Å². The number of imide groups is 1. The summed E-state index contributed by atoms with van der Waals surface area (Å²) in [6.45, 7) is 7.17. The van der Waals surface area contributed by atoms with Crippen LogP contribution >= 0.6 is 0 Å². The maximum Gasteiger partial charge on any atom is 0.410 e. The van der Waals surface area contributed by atoms with E-state index in [2.05, 4.69) is 17.2 Å². The predicted molar refractivity (Wildman–Crippen MR) is 115 cm³/mol. The van der Waals surface area contributed by atoms with Crippen LogP contribution in [0.2, 0.25) is 0 Å². The molecule has 4 amide bonds. The van der Waals surface area contributed by atoms with Crippen molar-refractivity contribution in [1.82, 2.24) is 15.1 Å². The molecule has 0 aromatic heterocycles. The van der Waals surface area contributed by atoms with Gasteiger partial charge in [-0.2, -0.15) is 0 Å². The number of ether oxygens (including phenoxy) is 1. The minimum atomic E-state index is -0.617. The summed E-state index contributed by atoms with van der Waals surface area (Å²) < 4.78 is 5.36. The van der Waals surface area contributed by atoms with Crippen LogP contribution in [-0.2, 0) is 20.9 Å². The molecule has 3 aliphatic rings. The first-order chi connectivity index (χ1) is 15.1. The van der Waals surface area contributed by atoms with E-state index in [9.17, 15) is 19.2 Å². The molecule has 1 aromatic rings. The van der Waals surface area contributed by atoms with Crippen molar-refractivity contribution in [3.63, 3.8) is 0 Å². The number of hydrogen-bond acceptors (Lipinski definition) is 5. The minimum absolute atomic E-state index is 0.189. The summed E-state index contributed by atoms with van der Waals surface area (Å²) in [6.07, 6.45) is 0.974. The van der Waals surface area contributed by atoms with Gasteiger partial charge in [-0.05, 0) is 51.0 Å². The Morgan fingerprint density at radius 2 is 1.97 bits per heavy atom. The third kappa shape index (κ3) is 4.62. The molecule has 4 rings (SSSR count). The number of fused-ring (bicyclic) bond motifs is 1. The third-order valence-electron chi connectivity index (χ3n) is 5.76. The van der Waals surface area contributed by atoms with Gasteiger partial charge in [-0.25, -0.2) is 4.79 Å². The highest BCUT2D eigenvalue weighted by Gasteiger charge is 2.39. The molecule has 2 fully saturated rings. The maximum atomic E-state index is 12.7. The fraction of sp³-hybridized carbons (Fsp3) is 0.500. The van der Waals surface area contributed by atoms with Gasteiger partial charge < -0.3 is 14.5 Å². The molecule has 3 heterocycles. The van der Waals surface area contributed by atoms with Crippen LogP contribution in [0.1, 0.15) is 61.5 Å². The number of rotatable bonds is 2. The van der Waals surface area contributed by atoms with Crippen molar-refractivity contribution in [3.05, 3.63) is 34.9 Å². The Kier molecular flexibility index (Phi) is 5.68. The van der Waals surface area contributed by atoms with Crippen LogP contribution in [0.5, 0.6) is 0 Å². The van der Waals surface area contributed by atoms with Gasteiger partial charge in [0.15, 0.2) is 0 Å². The average molecular weight is 437 g/mol. The zero-order chi connectivity index (χ0) is 23.0. The third-order valence-corrected chi connectivity index (χ3v) is 5.76. The van der Waals surface area contributed by atoms with Crippen molar-refractivity contribution in [2.24, 2.45) is 5.92 Å². The largest absolute Gasteiger partial charge is 0.444 e. The topological polar surface area (TPSA) is 96.0 Å². The summed E-state index contributed by atoms with van der Waals surface area (Å²) in [6, 6.07) is 4.83. The summed E-state index contributed by atoms with van der Waals surface area (Å²) in [7, 11) is 0. The molecule has 1 atom stereocenters. The molecule has 0 bridgehead atoms. The molecule has 1 aromatic carbocycles. The molecular weight excluding hydrogens is 410 g/mol. The van der Waals surface area contributed by atoms with Gasteiger partial charge in [-0.3, -0.25) is 19.7 Å². The van der Waals surface area contributed by atoms with Gasteiger partial charge in [-0.15, -0.1) is 0 Å². The van der Waals surface area contributed by atoms with Crippen LogP contribution < -0.4 is 5.32 Å². The van der Waals surface area contributed by atoms with Gasteiger partial charge in [0.1, 0.15) is 11.6 Å².